The zero-order valence-corrected chi connectivity index (χ0v) is 19.7. The first-order valence-electron chi connectivity index (χ1n) is 10.5. The smallest absolute Gasteiger partial charge is 0.193 e. The van der Waals surface area contributed by atoms with Crippen molar-refractivity contribution < 1.29 is 0 Å². The molecule has 6 heteroatoms. The number of unbranched alkanes of at least 4 members (excludes halogenated alkanes) is 1. The predicted octanol–water partition coefficient (Wildman–Crippen LogP) is 4.42. The van der Waals surface area contributed by atoms with E-state index in [1.807, 2.05) is 31.4 Å². The topological polar surface area (TPSA) is 52.6 Å². The van der Waals surface area contributed by atoms with Crippen molar-refractivity contribution in [1.82, 2.24) is 15.2 Å². The maximum absolute atomic E-state index is 4.49. The van der Waals surface area contributed by atoms with E-state index in [-0.39, 0.29) is 24.0 Å². The summed E-state index contributed by atoms with van der Waals surface area (Å²) >= 11 is 0. The van der Waals surface area contributed by atoms with Crippen LogP contribution < -0.4 is 10.6 Å². The molecule has 0 radical (unpaired) electrons. The Balaban J connectivity index is 0.00000300. The first kappa shape index (κ1) is 23.4. The zero-order chi connectivity index (χ0) is 19.4. The Morgan fingerprint density at radius 1 is 1.03 bits per heavy atom. The molecule has 0 saturated carbocycles. The number of rotatable bonds is 8. The molecule has 0 aliphatic carbocycles. The lowest BCUT2D eigenvalue weighted by atomic mass is 9.90. The van der Waals surface area contributed by atoms with Gasteiger partial charge in [-0.05, 0) is 55.7 Å². The van der Waals surface area contributed by atoms with E-state index in [9.17, 15) is 0 Å². The Hall–Kier alpha value is -1.83. The van der Waals surface area contributed by atoms with E-state index < -0.39 is 0 Å². The lowest BCUT2D eigenvalue weighted by Crippen LogP contribution is -2.46. The molecule has 2 heterocycles. The monoisotopic (exact) mass is 507 g/mol. The van der Waals surface area contributed by atoms with E-state index in [4.69, 9.17) is 0 Å². The summed E-state index contributed by atoms with van der Waals surface area (Å²) < 4.78 is 0. The molecule has 3 rings (SSSR count). The van der Waals surface area contributed by atoms with Crippen LogP contribution in [-0.2, 0) is 6.42 Å². The first-order chi connectivity index (χ1) is 13.8. The van der Waals surface area contributed by atoms with E-state index in [0.29, 0.717) is 0 Å². The van der Waals surface area contributed by atoms with E-state index in [1.165, 1.54) is 24.8 Å². The molecule has 5 nitrogen and oxygen atoms in total. The zero-order valence-electron chi connectivity index (χ0n) is 17.4. The minimum absolute atomic E-state index is 0. The summed E-state index contributed by atoms with van der Waals surface area (Å²) in [4.78, 5) is 11.2. The van der Waals surface area contributed by atoms with E-state index in [0.717, 1.165) is 56.7 Å². The first-order valence-corrected chi connectivity index (χ1v) is 10.5. The van der Waals surface area contributed by atoms with Crippen LogP contribution in [0, 0.1) is 5.92 Å². The van der Waals surface area contributed by atoms with Gasteiger partial charge in [0.05, 0.1) is 0 Å². The predicted molar refractivity (Wildman–Crippen MR) is 133 cm³/mol. The van der Waals surface area contributed by atoms with Crippen LogP contribution in [0.1, 0.15) is 31.2 Å². The summed E-state index contributed by atoms with van der Waals surface area (Å²) in [5.41, 5.74) is 1.46. The lowest BCUT2D eigenvalue weighted by molar-refractivity contribution is 0.259. The molecule has 1 fully saturated rings. The molecule has 1 aliphatic heterocycles. The van der Waals surface area contributed by atoms with Crippen LogP contribution in [-0.4, -0.2) is 49.1 Å². The number of benzene rings is 1. The van der Waals surface area contributed by atoms with E-state index in [2.05, 4.69) is 55.8 Å². The van der Waals surface area contributed by atoms with Crippen molar-refractivity contribution in [3.63, 3.8) is 0 Å². The molecule has 0 spiro atoms. The van der Waals surface area contributed by atoms with Gasteiger partial charge in [-0.25, -0.2) is 4.98 Å². The fourth-order valence-electron chi connectivity index (χ4n) is 3.76. The van der Waals surface area contributed by atoms with E-state index >= 15 is 0 Å². The number of halogens is 1. The average Bonchev–Trinajstić information content (AvgIpc) is 2.75. The summed E-state index contributed by atoms with van der Waals surface area (Å²) in [5.74, 6) is 2.79. The molecule has 1 aliphatic rings. The van der Waals surface area contributed by atoms with Gasteiger partial charge in [-0.2, -0.15) is 0 Å². The normalized spacial score (nSPS) is 14.9. The van der Waals surface area contributed by atoms with Crippen molar-refractivity contribution in [2.24, 2.45) is 10.9 Å². The molecule has 1 aromatic carbocycles. The van der Waals surface area contributed by atoms with Crippen LogP contribution in [0.3, 0.4) is 0 Å². The summed E-state index contributed by atoms with van der Waals surface area (Å²) in [7, 11) is 1.89. The number of hydrogen-bond donors (Lipinski definition) is 2. The molecule has 2 N–H and O–H groups in total. The minimum Gasteiger partial charge on any atom is -0.370 e. The summed E-state index contributed by atoms with van der Waals surface area (Å²) in [6.07, 6.45) is 7.72. The van der Waals surface area contributed by atoms with Gasteiger partial charge in [0.1, 0.15) is 5.82 Å². The standard InChI is InChI=1S/C23H33N5.HI/c1-24-23(27-16-8-7-15-26-22-11-5-6-14-25-22)28-17-12-21(13-18-28)19-20-9-3-2-4-10-20;/h2-6,9-11,14,21H,7-8,12-13,15-19H2,1H3,(H,24,27)(H,25,26);1H. The van der Waals surface area contributed by atoms with Crippen molar-refractivity contribution >= 4 is 35.8 Å². The number of hydrogen-bond acceptors (Lipinski definition) is 3. The third kappa shape index (κ3) is 8.20. The second-order valence-corrected chi connectivity index (χ2v) is 7.44. The van der Waals surface area contributed by atoms with Crippen molar-refractivity contribution in [3.05, 3.63) is 60.3 Å². The summed E-state index contributed by atoms with van der Waals surface area (Å²) in [6.45, 7) is 4.10. The second-order valence-electron chi connectivity index (χ2n) is 7.44. The fourth-order valence-corrected chi connectivity index (χ4v) is 3.76. The summed E-state index contributed by atoms with van der Waals surface area (Å²) in [5, 5.41) is 6.89. The van der Waals surface area contributed by atoms with Gasteiger partial charge in [-0.1, -0.05) is 36.4 Å². The number of aliphatic imine (C=N–C) groups is 1. The highest BCUT2D eigenvalue weighted by Crippen LogP contribution is 2.21. The summed E-state index contributed by atoms with van der Waals surface area (Å²) in [6, 6.07) is 16.8. The number of guanidine groups is 1. The van der Waals surface area contributed by atoms with Gasteiger partial charge in [0, 0.05) is 39.4 Å². The molecule has 1 saturated heterocycles. The molecule has 0 bridgehead atoms. The molecule has 0 unspecified atom stereocenters. The second kappa shape index (κ2) is 13.4. The molecule has 1 aromatic heterocycles. The third-order valence-electron chi connectivity index (χ3n) is 5.35. The van der Waals surface area contributed by atoms with Crippen molar-refractivity contribution in [1.29, 1.82) is 0 Å². The Morgan fingerprint density at radius 2 is 1.76 bits per heavy atom. The molecule has 0 amide bonds. The Labute approximate surface area is 192 Å². The highest BCUT2D eigenvalue weighted by molar-refractivity contribution is 14.0. The largest absolute Gasteiger partial charge is 0.370 e. The van der Waals surface area contributed by atoms with Gasteiger partial charge in [-0.3, -0.25) is 4.99 Å². The van der Waals surface area contributed by atoms with Gasteiger partial charge in [0.25, 0.3) is 0 Å². The minimum atomic E-state index is 0. The maximum atomic E-state index is 4.49. The van der Waals surface area contributed by atoms with E-state index in [1.54, 1.807) is 0 Å². The van der Waals surface area contributed by atoms with Gasteiger partial charge in [0.15, 0.2) is 5.96 Å². The Morgan fingerprint density at radius 3 is 2.45 bits per heavy atom. The molecule has 2 aromatic rings. The number of nitrogens with zero attached hydrogens (tertiary/aromatic N) is 3. The lowest BCUT2D eigenvalue weighted by Gasteiger charge is -2.34. The number of anilines is 1. The fraction of sp³-hybridized carbons (Fsp3) is 0.478. The number of pyridine rings is 1. The molecule has 29 heavy (non-hydrogen) atoms. The van der Waals surface area contributed by atoms with Crippen LogP contribution in [0.2, 0.25) is 0 Å². The van der Waals surface area contributed by atoms with Crippen LogP contribution in [0.5, 0.6) is 0 Å². The van der Waals surface area contributed by atoms with Crippen LogP contribution in [0.4, 0.5) is 5.82 Å². The number of nitrogens with one attached hydrogen (secondary N) is 2. The van der Waals surface area contributed by atoms with Crippen molar-refractivity contribution in [2.75, 3.05) is 38.5 Å². The quantitative estimate of drug-likeness (QED) is 0.241. The van der Waals surface area contributed by atoms with Crippen LogP contribution >= 0.6 is 24.0 Å². The Kier molecular flexibility index (Phi) is 10.8. The molecular formula is C23H34IN5. The van der Waals surface area contributed by atoms with Crippen LogP contribution in [0.25, 0.3) is 0 Å². The SMILES string of the molecule is CN=C(NCCCCNc1ccccn1)N1CCC(Cc2ccccc2)CC1.I. The molecule has 0 atom stereocenters. The van der Waals surface area contributed by atoms with Crippen molar-refractivity contribution in [3.8, 4) is 0 Å². The Bertz CT molecular complexity index is 700. The van der Waals surface area contributed by atoms with Crippen LogP contribution in [0.15, 0.2) is 59.7 Å². The highest BCUT2D eigenvalue weighted by Gasteiger charge is 2.21. The molecular weight excluding hydrogens is 473 g/mol. The third-order valence-corrected chi connectivity index (χ3v) is 5.35. The highest BCUT2D eigenvalue weighted by atomic mass is 127. The molecule has 158 valence electrons. The number of likely N-dealkylation sites (tertiary alicyclic amines) is 1. The van der Waals surface area contributed by atoms with Gasteiger partial charge in [-0.15, -0.1) is 24.0 Å². The maximum Gasteiger partial charge on any atom is 0.193 e. The van der Waals surface area contributed by atoms with Crippen molar-refractivity contribution in [2.45, 2.75) is 32.1 Å². The van der Waals surface area contributed by atoms with Gasteiger partial charge < -0.3 is 15.5 Å². The average molecular weight is 507 g/mol. The van der Waals surface area contributed by atoms with Gasteiger partial charge in [0.2, 0.25) is 0 Å². The number of aromatic nitrogens is 1. The van der Waals surface area contributed by atoms with Gasteiger partial charge >= 0.3 is 0 Å². The number of piperidine rings is 1.